The van der Waals surface area contributed by atoms with Gasteiger partial charge in [0.15, 0.2) is 0 Å². The van der Waals surface area contributed by atoms with Crippen LogP contribution in [0.15, 0.2) is 78.9 Å². The molecule has 112 valence electrons. The van der Waals surface area contributed by atoms with E-state index in [1.807, 2.05) is 60.7 Å². The van der Waals surface area contributed by atoms with E-state index >= 15 is 0 Å². The molecule has 0 atom stereocenters. The van der Waals surface area contributed by atoms with Crippen LogP contribution >= 0.6 is 0 Å². The van der Waals surface area contributed by atoms with Gasteiger partial charge in [-0.05, 0) is 30.3 Å². The molecule has 4 rings (SSSR count). The van der Waals surface area contributed by atoms with Crippen LogP contribution in [-0.2, 0) is 6.54 Å². The molecule has 3 heteroatoms. The van der Waals surface area contributed by atoms with Crippen molar-refractivity contribution in [2.45, 2.75) is 6.54 Å². The van der Waals surface area contributed by atoms with Gasteiger partial charge >= 0.3 is 0 Å². The second-order valence-corrected chi connectivity index (χ2v) is 5.54. The molecule has 0 aliphatic carbocycles. The molecular weight excluding hydrogens is 284 g/mol. The molecule has 0 unspecified atom stereocenters. The van der Waals surface area contributed by atoms with Crippen molar-refractivity contribution in [3.8, 4) is 11.5 Å². The first-order valence-corrected chi connectivity index (χ1v) is 7.62. The van der Waals surface area contributed by atoms with Gasteiger partial charge in [-0.25, -0.2) is 4.58 Å². The third-order valence-corrected chi connectivity index (χ3v) is 4.02. The number of nitrogens with zero attached hydrogens (tertiary/aromatic N) is 1. The minimum Gasteiger partial charge on any atom is -0.457 e. The lowest BCUT2D eigenvalue weighted by Gasteiger charge is -2.08. The predicted octanol–water partition coefficient (Wildman–Crippen LogP) is 4.04. The first kappa shape index (κ1) is 13.6. The van der Waals surface area contributed by atoms with Gasteiger partial charge in [-0.2, -0.15) is 0 Å². The number of amidine groups is 1. The molecule has 23 heavy (non-hydrogen) atoms. The average Bonchev–Trinajstić information content (AvgIpc) is 2.93. The summed E-state index contributed by atoms with van der Waals surface area (Å²) in [5.74, 6) is 2.42. The van der Waals surface area contributed by atoms with Gasteiger partial charge in [-0.1, -0.05) is 42.5 Å². The third kappa shape index (κ3) is 2.57. The molecule has 0 spiro atoms. The first-order valence-electron chi connectivity index (χ1n) is 7.62. The number of rotatable bonds is 3. The third-order valence-electron chi connectivity index (χ3n) is 4.02. The van der Waals surface area contributed by atoms with Crippen molar-refractivity contribution < 1.29 is 9.31 Å². The number of benzene rings is 3. The van der Waals surface area contributed by atoms with Crippen LogP contribution < -0.4 is 10.5 Å². The largest absolute Gasteiger partial charge is 0.457 e. The van der Waals surface area contributed by atoms with Gasteiger partial charge in [-0.15, -0.1) is 0 Å². The minimum absolute atomic E-state index is 0.788. The van der Waals surface area contributed by atoms with Crippen molar-refractivity contribution in [2.24, 2.45) is 5.73 Å². The topological polar surface area (TPSA) is 38.3 Å². The molecule has 0 amide bonds. The highest BCUT2D eigenvalue weighted by Gasteiger charge is 2.25. The van der Waals surface area contributed by atoms with E-state index < -0.39 is 0 Å². The van der Waals surface area contributed by atoms with Gasteiger partial charge in [0.1, 0.15) is 23.7 Å². The lowest BCUT2D eigenvalue weighted by Crippen LogP contribution is -2.19. The average molecular weight is 301 g/mol. The lowest BCUT2D eigenvalue weighted by molar-refractivity contribution is -0.453. The highest BCUT2D eigenvalue weighted by Crippen LogP contribution is 2.28. The van der Waals surface area contributed by atoms with E-state index in [9.17, 15) is 0 Å². The van der Waals surface area contributed by atoms with E-state index in [-0.39, 0.29) is 0 Å². The second-order valence-electron chi connectivity index (χ2n) is 5.54. The zero-order valence-electron chi connectivity index (χ0n) is 12.6. The minimum atomic E-state index is 0.788. The Morgan fingerprint density at radius 3 is 2.35 bits per heavy atom. The summed E-state index contributed by atoms with van der Waals surface area (Å²) in [5, 5.41) is 0. The van der Waals surface area contributed by atoms with Crippen LogP contribution in [0.25, 0.3) is 0 Å². The predicted molar refractivity (Wildman–Crippen MR) is 91.3 cm³/mol. The normalized spacial score (nSPS) is 13.0. The maximum atomic E-state index is 6.33. The van der Waals surface area contributed by atoms with Crippen LogP contribution in [-0.4, -0.2) is 10.4 Å². The fourth-order valence-corrected chi connectivity index (χ4v) is 2.88. The van der Waals surface area contributed by atoms with Crippen molar-refractivity contribution in [1.82, 2.24) is 0 Å². The van der Waals surface area contributed by atoms with E-state index in [1.165, 1.54) is 5.56 Å². The zero-order valence-corrected chi connectivity index (χ0v) is 12.6. The lowest BCUT2D eigenvalue weighted by atomic mass is 10.1. The highest BCUT2D eigenvalue weighted by atomic mass is 16.5. The Morgan fingerprint density at radius 2 is 1.52 bits per heavy atom. The molecule has 3 aromatic carbocycles. The van der Waals surface area contributed by atoms with E-state index in [0.717, 1.165) is 35.1 Å². The second kappa shape index (κ2) is 5.61. The molecule has 1 heterocycles. The SMILES string of the molecule is NC1=[N+](c2cccc(Oc3ccccc3)c2)Cc2ccccc21. The van der Waals surface area contributed by atoms with Crippen LogP contribution in [0.2, 0.25) is 0 Å². The Balaban J connectivity index is 1.67. The molecule has 0 fully saturated rings. The standard InChI is InChI=1S/C20H16N2O/c21-20-19-12-5-4-7-15(19)14-22(20)16-8-6-11-18(13-16)23-17-9-2-1-3-10-17/h1-13,21H,14H2/p+1. The number of para-hydroxylation sites is 1. The van der Waals surface area contributed by atoms with Gasteiger partial charge in [0, 0.05) is 11.6 Å². The molecular formula is C20H17N2O+. The molecule has 0 aromatic heterocycles. The van der Waals surface area contributed by atoms with Crippen molar-refractivity contribution >= 4 is 11.5 Å². The molecule has 1 aliphatic rings. The van der Waals surface area contributed by atoms with Crippen LogP contribution in [0.4, 0.5) is 5.69 Å². The Labute approximate surface area is 135 Å². The Hall–Kier alpha value is -3.07. The summed E-state index contributed by atoms with van der Waals surface area (Å²) >= 11 is 0. The maximum Gasteiger partial charge on any atom is 0.280 e. The molecule has 3 nitrogen and oxygen atoms in total. The molecule has 0 saturated carbocycles. The Kier molecular flexibility index (Phi) is 3.31. The van der Waals surface area contributed by atoms with Crippen LogP contribution in [0.3, 0.4) is 0 Å². The van der Waals surface area contributed by atoms with E-state index in [2.05, 4.69) is 22.8 Å². The Morgan fingerprint density at radius 1 is 0.783 bits per heavy atom. The van der Waals surface area contributed by atoms with E-state index in [0.29, 0.717) is 0 Å². The van der Waals surface area contributed by atoms with Crippen LogP contribution in [0.1, 0.15) is 11.1 Å². The fourth-order valence-electron chi connectivity index (χ4n) is 2.88. The van der Waals surface area contributed by atoms with E-state index in [1.54, 1.807) is 0 Å². The Bertz CT molecular complexity index is 885. The van der Waals surface area contributed by atoms with Crippen molar-refractivity contribution in [1.29, 1.82) is 0 Å². The number of ether oxygens (including phenoxy) is 1. The van der Waals surface area contributed by atoms with Gasteiger partial charge in [0.2, 0.25) is 0 Å². The number of fused-ring (bicyclic) bond motifs is 1. The first-order chi connectivity index (χ1) is 11.3. The van der Waals surface area contributed by atoms with Gasteiger partial charge < -0.3 is 4.74 Å². The molecule has 2 N–H and O–H groups in total. The number of hydrogen-bond donors (Lipinski definition) is 1. The molecule has 0 radical (unpaired) electrons. The number of hydrogen-bond acceptors (Lipinski definition) is 2. The fraction of sp³-hybridized carbons (Fsp3) is 0.0500. The summed E-state index contributed by atoms with van der Waals surface area (Å²) < 4.78 is 8.03. The van der Waals surface area contributed by atoms with Gasteiger partial charge in [0.25, 0.3) is 5.84 Å². The van der Waals surface area contributed by atoms with Gasteiger partial charge in [-0.3, -0.25) is 5.73 Å². The summed E-state index contributed by atoms with van der Waals surface area (Å²) in [6.07, 6.45) is 0. The van der Waals surface area contributed by atoms with Crippen molar-refractivity contribution in [2.75, 3.05) is 0 Å². The molecule has 1 aliphatic heterocycles. The monoisotopic (exact) mass is 301 g/mol. The summed E-state index contributed by atoms with van der Waals surface area (Å²) in [6.45, 7) is 0.788. The van der Waals surface area contributed by atoms with E-state index in [4.69, 9.17) is 10.5 Å². The highest BCUT2D eigenvalue weighted by molar-refractivity contribution is 5.97. The number of nitrogens with two attached hydrogens (primary N) is 1. The van der Waals surface area contributed by atoms with Gasteiger partial charge in [0.05, 0.1) is 5.56 Å². The van der Waals surface area contributed by atoms with Crippen LogP contribution in [0, 0.1) is 0 Å². The summed E-state index contributed by atoms with van der Waals surface area (Å²) in [7, 11) is 0. The maximum absolute atomic E-state index is 6.33. The van der Waals surface area contributed by atoms with Crippen molar-refractivity contribution in [3.05, 3.63) is 90.0 Å². The zero-order chi connectivity index (χ0) is 15.6. The quantitative estimate of drug-likeness (QED) is 0.741. The molecule has 3 aromatic rings. The van der Waals surface area contributed by atoms with Crippen molar-refractivity contribution in [3.63, 3.8) is 0 Å². The smallest absolute Gasteiger partial charge is 0.280 e. The van der Waals surface area contributed by atoms with Crippen LogP contribution in [0.5, 0.6) is 11.5 Å². The summed E-state index contributed by atoms with van der Waals surface area (Å²) in [4.78, 5) is 0. The summed E-state index contributed by atoms with van der Waals surface area (Å²) in [5.41, 5.74) is 9.72. The molecule has 0 bridgehead atoms. The molecule has 0 saturated heterocycles. The summed E-state index contributed by atoms with van der Waals surface area (Å²) in [6, 6.07) is 26.0.